The summed E-state index contributed by atoms with van der Waals surface area (Å²) in [6.07, 6.45) is 1.75. The molecule has 4 nitrogen and oxygen atoms in total. The second kappa shape index (κ2) is 6.13. The molecule has 5 heteroatoms. The van der Waals surface area contributed by atoms with Gasteiger partial charge in [0.2, 0.25) is 0 Å². The molecule has 0 saturated heterocycles. The van der Waals surface area contributed by atoms with Gasteiger partial charge in [0, 0.05) is 22.7 Å². The van der Waals surface area contributed by atoms with Gasteiger partial charge in [0.05, 0.1) is 5.69 Å². The summed E-state index contributed by atoms with van der Waals surface area (Å²) in [5.74, 6) is -0.136. The van der Waals surface area contributed by atoms with Crippen LogP contribution in [-0.2, 0) is 19.4 Å². The second-order valence-electron chi connectivity index (χ2n) is 5.90. The van der Waals surface area contributed by atoms with Crippen LogP contribution < -0.4 is 5.32 Å². The summed E-state index contributed by atoms with van der Waals surface area (Å²) < 4.78 is 0. The molecule has 0 fully saturated rings. The van der Waals surface area contributed by atoms with E-state index in [1.165, 1.54) is 5.56 Å². The number of nitrogens with zero attached hydrogens (tertiary/aromatic N) is 1. The van der Waals surface area contributed by atoms with E-state index in [-0.39, 0.29) is 5.91 Å². The average molecular weight is 338 g/mol. The first-order valence-corrected chi connectivity index (χ1v) is 8.28. The Morgan fingerprint density at radius 1 is 1.17 bits per heavy atom. The van der Waals surface area contributed by atoms with E-state index in [0.29, 0.717) is 17.3 Å². The normalized spacial score (nSPS) is 12.4. The number of hydrogen-bond acceptors (Lipinski definition) is 2. The maximum Gasteiger partial charge on any atom is 0.269 e. The highest BCUT2D eigenvalue weighted by molar-refractivity contribution is 6.30. The van der Waals surface area contributed by atoms with Gasteiger partial charge in [-0.1, -0.05) is 48.0 Å². The molecule has 0 saturated carbocycles. The van der Waals surface area contributed by atoms with E-state index < -0.39 is 0 Å². The van der Waals surface area contributed by atoms with Gasteiger partial charge in [-0.15, -0.1) is 0 Å². The molecule has 1 aliphatic carbocycles. The van der Waals surface area contributed by atoms with Gasteiger partial charge in [-0.3, -0.25) is 9.89 Å². The number of carbonyl (C=O) groups is 1. The van der Waals surface area contributed by atoms with E-state index in [0.717, 1.165) is 35.2 Å². The molecule has 1 heterocycles. The molecule has 0 spiro atoms. The van der Waals surface area contributed by atoms with Gasteiger partial charge >= 0.3 is 0 Å². The van der Waals surface area contributed by atoms with Crippen molar-refractivity contribution < 1.29 is 4.79 Å². The first kappa shape index (κ1) is 15.0. The summed E-state index contributed by atoms with van der Waals surface area (Å²) in [4.78, 5) is 12.5. The minimum absolute atomic E-state index is 0.136. The van der Waals surface area contributed by atoms with E-state index in [9.17, 15) is 4.79 Å². The maximum absolute atomic E-state index is 12.5. The highest BCUT2D eigenvalue weighted by Crippen LogP contribution is 2.33. The minimum Gasteiger partial charge on any atom is -0.347 e. The van der Waals surface area contributed by atoms with E-state index in [4.69, 9.17) is 11.6 Å². The SMILES string of the molecule is O=C(NCc1cccc(Cl)c1)c1[nH]nc2c1CCc1ccccc1-2. The van der Waals surface area contributed by atoms with Crippen LogP contribution in [0.15, 0.2) is 48.5 Å². The van der Waals surface area contributed by atoms with Crippen LogP contribution in [0, 0.1) is 0 Å². The molecule has 24 heavy (non-hydrogen) atoms. The summed E-state index contributed by atoms with van der Waals surface area (Å²) >= 11 is 5.97. The van der Waals surface area contributed by atoms with Crippen molar-refractivity contribution >= 4 is 17.5 Å². The lowest BCUT2D eigenvalue weighted by Gasteiger charge is -2.15. The van der Waals surface area contributed by atoms with Crippen LogP contribution >= 0.6 is 11.6 Å². The lowest BCUT2D eigenvalue weighted by molar-refractivity contribution is 0.0945. The van der Waals surface area contributed by atoms with E-state index in [1.54, 1.807) is 0 Å². The van der Waals surface area contributed by atoms with Crippen LogP contribution in [0.4, 0.5) is 0 Å². The quantitative estimate of drug-likeness (QED) is 0.764. The number of H-pyrrole nitrogens is 1. The van der Waals surface area contributed by atoms with E-state index >= 15 is 0 Å². The third-order valence-corrected chi connectivity index (χ3v) is 4.59. The molecule has 1 amide bonds. The van der Waals surface area contributed by atoms with Gasteiger partial charge in [0.15, 0.2) is 0 Å². The molecule has 4 rings (SSSR count). The van der Waals surface area contributed by atoms with Gasteiger partial charge in [0.1, 0.15) is 5.69 Å². The van der Waals surface area contributed by atoms with Crippen LogP contribution in [0.1, 0.15) is 27.2 Å². The Labute approximate surface area is 144 Å². The van der Waals surface area contributed by atoms with E-state index in [2.05, 4.69) is 27.6 Å². The largest absolute Gasteiger partial charge is 0.347 e. The number of amides is 1. The van der Waals surface area contributed by atoms with Crippen LogP contribution in [0.5, 0.6) is 0 Å². The third kappa shape index (κ3) is 2.69. The summed E-state index contributed by atoms with van der Waals surface area (Å²) in [6.45, 7) is 0.434. The first-order valence-electron chi connectivity index (χ1n) is 7.90. The number of carbonyl (C=O) groups excluding carboxylic acids is 1. The fourth-order valence-corrected chi connectivity index (χ4v) is 3.38. The molecule has 1 aliphatic rings. The smallest absolute Gasteiger partial charge is 0.269 e. The van der Waals surface area contributed by atoms with Gasteiger partial charge in [-0.05, 0) is 36.1 Å². The Morgan fingerprint density at radius 2 is 2.04 bits per heavy atom. The number of halogens is 1. The van der Waals surface area contributed by atoms with Gasteiger partial charge < -0.3 is 5.32 Å². The first-order chi connectivity index (χ1) is 11.7. The van der Waals surface area contributed by atoms with Crippen molar-refractivity contribution in [1.29, 1.82) is 0 Å². The monoisotopic (exact) mass is 337 g/mol. The zero-order chi connectivity index (χ0) is 16.5. The highest BCUT2D eigenvalue weighted by atomic mass is 35.5. The molecule has 1 aromatic heterocycles. The van der Waals surface area contributed by atoms with Gasteiger partial charge in [-0.25, -0.2) is 0 Å². The molecule has 0 aliphatic heterocycles. The van der Waals surface area contributed by atoms with Crippen LogP contribution in [0.25, 0.3) is 11.3 Å². The Hall–Kier alpha value is -2.59. The number of rotatable bonds is 3. The Morgan fingerprint density at radius 3 is 2.92 bits per heavy atom. The Bertz CT molecular complexity index is 916. The third-order valence-electron chi connectivity index (χ3n) is 4.35. The molecular weight excluding hydrogens is 322 g/mol. The minimum atomic E-state index is -0.136. The molecule has 2 N–H and O–H groups in total. The number of nitrogens with one attached hydrogen (secondary N) is 2. The van der Waals surface area contributed by atoms with E-state index in [1.807, 2.05) is 36.4 Å². The molecule has 0 radical (unpaired) electrons. The van der Waals surface area contributed by atoms with Crippen molar-refractivity contribution in [3.8, 4) is 11.3 Å². The molecule has 0 atom stereocenters. The van der Waals surface area contributed by atoms with Crippen LogP contribution in [0.3, 0.4) is 0 Å². The topological polar surface area (TPSA) is 57.8 Å². The molecule has 3 aromatic rings. The fourth-order valence-electron chi connectivity index (χ4n) is 3.17. The summed E-state index contributed by atoms with van der Waals surface area (Å²) in [5.41, 5.74) is 5.81. The lowest BCUT2D eigenvalue weighted by atomic mass is 9.89. The predicted molar refractivity (Wildman–Crippen MR) is 94.1 cm³/mol. The summed E-state index contributed by atoms with van der Waals surface area (Å²) in [5, 5.41) is 10.9. The molecule has 2 aromatic carbocycles. The average Bonchev–Trinajstić information content (AvgIpc) is 3.04. The van der Waals surface area contributed by atoms with Crippen molar-refractivity contribution in [1.82, 2.24) is 15.5 Å². The number of aryl methyl sites for hydroxylation is 1. The molecule has 0 bridgehead atoms. The summed E-state index contributed by atoms with van der Waals surface area (Å²) in [6, 6.07) is 15.7. The standard InChI is InChI=1S/C19H16ClN3O/c20-14-6-3-4-12(10-14)11-21-19(24)18-16-9-8-13-5-1-2-7-15(13)17(16)22-23-18/h1-7,10H,8-9,11H2,(H,21,24)(H,22,23). The van der Waals surface area contributed by atoms with Crippen LogP contribution in [-0.4, -0.2) is 16.1 Å². The van der Waals surface area contributed by atoms with Crippen molar-refractivity contribution in [3.05, 3.63) is 75.9 Å². The fraction of sp³-hybridized carbons (Fsp3) is 0.158. The molecular formula is C19H16ClN3O. The number of aromatic nitrogens is 2. The number of aromatic amines is 1. The highest BCUT2D eigenvalue weighted by Gasteiger charge is 2.24. The predicted octanol–water partition coefficient (Wildman–Crippen LogP) is 3.76. The zero-order valence-corrected chi connectivity index (χ0v) is 13.7. The number of fused-ring (bicyclic) bond motifs is 3. The van der Waals surface area contributed by atoms with Crippen molar-refractivity contribution in [2.75, 3.05) is 0 Å². The summed E-state index contributed by atoms with van der Waals surface area (Å²) in [7, 11) is 0. The van der Waals surface area contributed by atoms with Crippen LogP contribution in [0.2, 0.25) is 5.02 Å². The Balaban J connectivity index is 1.56. The van der Waals surface area contributed by atoms with Gasteiger partial charge in [-0.2, -0.15) is 5.10 Å². The van der Waals surface area contributed by atoms with Crippen molar-refractivity contribution in [2.24, 2.45) is 0 Å². The maximum atomic E-state index is 12.5. The van der Waals surface area contributed by atoms with Crippen molar-refractivity contribution in [3.63, 3.8) is 0 Å². The molecule has 0 unspecified atom stereocenters. The van der Waals surface area contributed by atoms with Crippen molar-refractivity contribution in [2.45, 2.75) is 19.4 Å². The number of hydrogen-bond donors (Lipinski definition) is 2. The zero-order valence-electron chi connectivity index (χ0n) is 13.0. The Kier molecular flexibility index (Phi) is 3.82. The number of benzene rings is 2. The molecule has 120 valence electrons. The lowest BCUT2D eigenvalue weighted by Crippen LogP contribution is -2.24. The van der Waals surface area contributed by atoms with Gasteiger partial charge in [0.25, 0.3) is 5.91 Å². The second-order valence-corrected chi connectivity index (χ2v) is 6.33.